The van der Waals surface area contributed by atoms with Gasteiger partial charge in [-0.2, -0.15) is 0 Å². The summed E-state index contributed by atoms with van der Waals surface area (Å²) >= 11 is 0. The first-order chi connectivity index (χ1) is 16.7. The normalized spacial score (nSPS) is 11.3. The van der Waals surface area contributed by atoms with E-state index in [4.69, 9.17) is 14.2 Å². The highest BCUT2D eigenvalue weighted by molar-refractivity contribution is 6.14. The van der Waals surface area contributed by atoms with E-state index >= 15 is 0 Å². The number of ether oxygens (including phenoxy) is 3. The number of hydrogen-bond acceptors (Lipinski definition) is 10. The molecule has 13 heteroatoms. The molecule has 0 unspecified atom stereocenters. The highest BCUT2D eigenvalue weighted by atomic mass is 16.5. The minimum Gasteiger partial charge on any atom is -0.466 e. The van der Waals surface area contributed by atoms with Crippen molar-refractivity contribution in [2.24, 2.45) is 0 Å². The highest BCUT2D eigenvalue weighted by Gasteiger charge is 2.21. The molecule has 2 heterocycles. The lowest BCUT2D eigenvalue weighted by Crippen LogP contribution is -2.42. The van der Waals surface area contributed by atoms with Crippen molar-refractivity contribution in [3.63, 3.8) is 0 Å². The van der Waals surface area contributed by atoms with E-state index < -0.39 is 23.2 Å². The van der Waals surface area contributed by atoms with Crippen LogP contribution in [0, 0.1) is 6.92 Å². The Morgan fingerprint density at radius 3 is 2.43 bits per heavy atom. The van der Waals surface area contributed by atoms with Gasteiger partial charge in [-0.15, -0.1) is 5.10 Å². The van der Waals surface area contributed by atoms with Gasteiger partial charge in [-0.05, 0) is 33.6 Å². The lowest BCUT2D eigenvalue weighted by molar-refractivity contribution is -0.141. The van der Waals surface area contributed by atoms with Gasteiger partial charge in [0.1, 0.15) is 5.70 Å². The summed E-state index contributed by atoms with van der Waals surface area (Å²) in [4.78, 5) is 61.5. The number of nitrogens with zero attached hydrogens (tertiary/aromatic N) is 5. The fourth-order valence-corrected chi connectivity index (χ4v) is 3.10. The highest BCUT2D eigenvalue weighted by Crippen LogP contribution is 2.07. The number of hydrogen-bond donors (Lipinski definition) is 0. The molecule has 0 atom stereocenters. The van der Waals surface area contributed by atoms with Crippen LogP contribution in [0.2, 0.25) is 0 Å². The van der Waals surface area contributed by atoms with Crippen LogP contribution in [0.4, 0.5) is 0 Å². The number of aryl methyl sites for hydroxylation is 2. The number of esters is 3. The zero-order chi connectivity index (χ0) is 26.0. The summed E-state index contributed by atoms with van der Waals surface area (Å²) in [5.41, 5.74) is -1.19. The van der Waals surface area contributed by atoms with Crippen molar-refractivity contribution in [1.29, 1.82) is 0 Å². The molecule has 190 valence electrons. The van der Waals surface area contributed by atoms with E-state index in [9.17, 15) is 24.0 Å². The largest absolute Gasteiger partial charge is 0.466 e. The fourth-order valence-electron chi connectivity index (χ4n) is 3.10. The lowest BCUT2D eigenvalue weighted by Gasteiger charge is -2.14. The number of aromatic nitrogens is 5. The smallest absolute Gasteiger partial charge is 0.355 e. The van der Waals surface area contributed by atoms with Crippen molar-refractivity contribution in [1.82, 2.24) is 24.1 Å². The Morgan fingerprint density at radius 2 is 1.77 bits per heavy atom. The Kier molecular flexibility index (Phi) is 10.1. The minimum atomic E-state index is -0.924. The van der Waals surface area contributed by atoms with Crippen molar-refractivity contribution >= 4 is 23.6 Å². The molecule has 0 aliphatic rings. The van der Waals surface area contributed by atoms with E-state index in [1.54, 1.807) is 13.8 Å². The van der Waals surface area contributed by atoms with Crippen molar-refractivity contribution < 1.29 is 28.6 Å². The number of carbonyl (C=O) groups is 3. The van der Waals surface area contributed by atoms with E-state index in [1.807, 2.05) is 0 Å². The van der Waals surface area contributed by atoms with Gasteiger partial charge in [-0.25, -0.2) is 19.1 Å². The van der Waals surface area contributed by atoms with Gasteiger partial charge in [0.25, 0.3) is 5.56 Å². The monoisotopic (exact) mass is 491 g/mol. The molecular weight excluding hydrogens is 462 g/mol. The molecule has 0 aliphatic heterocycles. The first-order valence-corrected chi connectivity index (χ1v) is 11.1. The molecule has 35 heavy (non-hydrogen) atoms. The summed E-state index contributed by atoms with van der Waals surface area (Å²) in [6, 6.07) is 0. The minimum absolute atomic E-state index is 0.00861. The standard InChI is InChI=1S/C22H29N5O8/c1-5-33-19(29)11-18(21(31)34-6-2)25-13-15(3)20(30)26(22(25)32)14-17-12-23-24-27(17)9-7-8-10-35-16(4)28/h11-13H,5-10,14H2,1-4H3/b18-11-. The van der Waals surface area contributed by atoms with Gasteiger partial charge in [-0.1, -0.05) is 5.21 Å². The van der Waals surface area contributed by atoms with Crippen LogP contribution in [0.15, 0.2) is 28.1 Å². The molecule has 0 spiro atoms. The van der Waals surface area contributed by atoms with E-state index in [1.165, 1.54) is 30.9 Å². The molecule has 0 bridgehead atoms. The van der Waals surface area contributed by atoms with Gasteiger partial charge in [0.05, 0.1) is 44.3 Å². The molecule has 0 aliphatic carbocycles. The van der Waals surface area contributed by atoms with Crippen LogP contribution >= 0.6 is 0 Å². The predicted molar refractivity (Wildman–Crippen MR) is 122 cm³/mol. The Bertz CT molecular complexity index is 1210. The summed E-state index contributed by atoms with van der Waals surface area (Å²) in [7, 11) is 0. The second-order valence-electron chi connectivity index (χ2n) is 7.35. The quantitative estimate of drug-likeness (QED) is 0.175. The van der Waals surface area contributed by atoms with Gasteiger partial charge < -0.3 is 14.2 Å². The Balaban J connectivity index is 2.40. The van der Waals surface area contributed by atoms with E-state index in [0.29, 0.717) is 25.1 Å². The molecule has 0 saturated carbocycles. The van der Waals surface area contributed by atoms with Crippen LogP contribution in [0.3, 0.4) is 0 Å². The number of unbranched alkanes of at least 4 members (excludes halogenated alkanes) is 1. The summed E-state index contributed by atoms with van der Waals surface area (Å²) in [6.45, 7) is 6.57. The topological polar surface area (TPSA) is 154 Å². The first-order valence-electron chi connectivity index (χ1n) is 11.1. The molecule has 0 fully saturated rings. The summed E-state index contributed by atoms with van der Waals surface area (Å²) in [5.74, 6) is -2.12. The van der Waals surface area contributed by atoms with Crippen molar-refractivity contribution in [2.75, 3.05) is 19.8 Å². The first kappa shape index (κ1) is 27.2. The Labute approximate surface area is 200 Å². The third-order valence-corrected chi connectivity index (χ3v) is 4.72. The van der Waals surface area contributed by atoms with Gasteiger partial charge >= 0.3 is 23.6 Å². The maximum Gasteiger partial charge on any atom is 0.355 e. The van der Waals surface area contributed by atoms with Gasteiger partial charge in [-0.3, -0.25) is 18.7 Å². The summed E-state index contributed by atoms with van der Waals surface area (Å²) in [5, 5.41) is 7.84. The SMILES string of the molecule is CCOC(=O)/C=C(/C(=O)OCC)n1cc(C)c(=O)n(Cc2cnnn2CCCCOC(C)=O)c1=O. The summed E-state index contributed by atoms with van der Waals surface area (Å²) in [6.07, 6.45) is 4.66. The van der Waals surface area contributed by atoms with Crippen LogP contribution in [0.5, 0.6) is 0 Å². The van der Waals surface area contributed by atoms with Crippen molar-refractivity contribution in [3.05, 3.63) is 50.6 Å². The van der Waals surface area contributed by atoms with Crippen LogP contribution in [0.1, 0.15) is 44.9 Å². The second kappa shape index (κ2) is 13.0. The second-order valence-corrected chi connectivity index (χ2v) is 7.35. The van der Waals surface area contributed by atoms with Gasteiger partial charge in [0, 0.05) is 25.2 Å². The van der Waals surface area contributed by atoms with Gasteiger partial charge in [0.15, 0.2) is 0 Å². The molecule has 2 rings (SSSR count). The summed E-state index contributed by atoms with van der Waals surface area (Å²) < 4.78 is 18.1. The average Bonchev–Trinajstić information content (AvgIpc) is 3.24. The Morgan fingerprint density at radius 1 is 1.06 bits per heavy atom. The average molecular weight is 492 g/mol. The Hall–Kier alpha value is -4.03. The fraction of sp³-hybridized carbons (Fsp3) is 0.500. The molecular formula is C22H29N5O8. The maximum atomic E-state index is 13.3. The van der Waals surface area contributed by atoms with Crippen LogP contribution < -0.4 is 11.2 Å². The number of rotatable bonds is 12. The van der Waals surface area contributed by atoms with Gasteiger partial charge in [0.2, 0.25) is 0 Å². The zero-order valence-corrected chi connectivity index (χ0v) is 20.2. The lowest BCUT2D eigenvalue weighted by atomic mass is 10.3. The van der Waals surface area contributed by atoms with Crippen molar-refractivity contribution in [2.45, 2.75) is 53.6 Å². The van der Waals surface area contributed by atoms with Crippen LogP contribution in [0.25, 0.3) is 5.70 Å². The third-order valence-electron chi connectivity index (χ3n) is 4.72. The molecule has 0 N–H and O–H groups in total. The third kappa shape index (κ3) is 7.48. The molecule has 2 aromatic heterocycles. The molecule has 0 radical (unpaired) electrons. The number of carbonyl (C=O) groups excluding carboxylic acids is 3. The van der Waals surface area contributed by atoms with Crippen LogP contribution in [-0.4, -0.2) is 61.9 Å². The van der Waals surface area contributed by atoms with E-state index in [-0.39, 0.29) is 43.6 Å². The molecule has 0 amide bonds. The molecule has 2 aromatic rings. The molecule has 0 saturated heterocycles. The van der Waals surface area contributed by atoms with Crippen LogP contribution in [-0.2, 0) is 41.7 Å². The van der Waals surface area contributed by atoms with E-state index in [0.717, 1.165) is 15.2 Å². The van der Waals surface area contributed by atoms with E-state index in [2.05, 4.69) is 10.3 Å². The molecule has 0 aromatic carbocycles. The van der Waals surface area contributed by atoms with Crippen molar-refractivity contribution in [3.8, 4) is 0 Å². The maximum absolute atomic E-state index is 13.3. The predicted octanol–water partition coefficient (Wildman–Crippen LogP) is 0.269. The molecule has 13 nitrogen and oxygen atoms in total. The zero-order valence-electron chi connectivity index (χ0n) is 20.2.